The average Bonchev–Trinajstić information content (AvgIpc) is 2.90. The van der Waals surface area contributed by atoms with Gasteiger partial charge in [-0.15, -0.1) is 0 Å². The molecule has 0 saturated carbocycles. The molecular weight excluding hydrogens is 384 g/mol. The van der Waals surface area contributed by atoms with E-state index in [-0.39, 0.29) is 5.91 Å². The van der Waals surface area contributed by atoms with Gasteiger partial charge in [0.05, 0.1) is 10.6 Å². The quantitative estimate of drug-likeness (QED) is 0.564. The van der Waals surface area contributed by atoms with E-state index in [1.54, 1.807) is 30.3 Å². The summed E-state index contributed by atoms with van der Waals surface area (Å²) in [4.78, 5) is 24.0. The largest absolute Gasteiger partial charge is 0.479 e. The number of carboxylic acids is 1. The average molecular weight is 400 g/mol. The van der Waals surface area contributed by atoms with Crippen molar-refractivity contribution in [3.63, 3.8) is 0 Å². The minimum Gasteiger partial charge on any atom is -0.479 e. The third-order valence-electron chi connectivity index (χ3n) is 3.62. The zero-order valence-corrected chi connectivity index (χ0v) is 15.9. The van der Waals surface area contributed by atoms with Crippen molar-refractivity contribution in [2.45, 2.75) is 13.0 Å². The van der Waals surface area contributed by atoms with Gasteiger partial charge < -0.3 is 9.84 Å². The van der Waals surface area contributed by atoms with E-state index in [1.807, 2.05) is 30.3 Å². The van der Waals surface area contributed by atoms with Crippen molar-refractivity contribution in [1.82, 2.24) is 5.01 Å². The monoisotopic (exact) mass is 400 g/mol. The Bertz CT molecular complexity index is 915. The normalized spacial score (nSPS) is 16.5. The molecule has 6 nitrogen and oxygen atoms in total. The van der Waals surface area contributed by atoms with E-state index in [4.69, 9.17) is 22.1 Å². The summed E-state index contributed by atoms with van der Waals surface area (Å²) in [5.74, 6) is -0.885. The number of hydrazine groups is 1. The van der Waals surface area contributed by atoms with Gasteiger partial charge in [0.2, 0.25) is 0 Å². The van der Waals surface area contributed by atoms with E-state index in [2.05, 4.69) is 5.43 Å². The minimum absolute atomic E-state index is 0.251. The molecule has 0 spiro atoms. The van der Waals surface area contributed by atoms with Gasteiger partial charge in [-0.2, -0.15) is 0 Å². The fourth-order valence-electron chi connectivity index (χ4n) is 2.29. The maximum Gasteiger partial charge on any atom is 0.344 e. The number of carbonyl (C=O) groups is 2. The van der Waals surface area contributed by atoms with Crippen molar-refractivity contribution in [2.24, 2.45) is 0 Å². The van der Waals surface area contributed by atoms with Crippen LogP contribution in [0.1, 0.15) is 12.5 Å². The standard InChI is InChI=1S/C19H16N2O4S2/c1-12(18(23)24)25-15-9-5-6-13(10-15)11-16-17(22)21(19(26)27-16)20-14-7-3-2-4-8-14/h2-12,20H,1H3,(H,23,24)/b16-11+. The van der Waals surface area contributed by atoms with Crippen molar-refractivity contribution >= 4 is 51.9 Å². The second-order valence-electron chi connectivity index (χ2n) is 5.67. The van der Waals surface area contributed by atoms with Gasteiger partial charge in [-0.3, -0.25) is 10.2 Å². The minimum atomic E-state index is -1.05. The van der Waals surface area contributed by atoms with Gasteiger partial charge in [0.15, 0.2) is 10.4 Å². The van der Waals surface area contributed by atoms with Crippen LogP contribution >= 0.6 is 24.0 Å². The lowest BCUT2D eigenvalue weighted by Crippen LogP contribution is -2.33. The molecule has 138 valence electrons. The zero-order chi connectivity index (χ0) is 19.4. The highest BCUT2D eigenvalue weighted by atomic mass is 32.2. The first kappa shape index (κ1) is 18.9. The number of thioether (sulfide) groups is 1. The summed E-state index contributed by atoms with van der Waals surface area (Å²) in [5.41, 5.74) is 4.47. The van der Waals surface area contributed by atoms with Crippen LogP contribution in [0.3, 0.4) is 0 Å². The molecule has 0 aliphatic carbocycles. The zero-order valence-electron chi connectivity index (χ0n) is 14.3. The highest BCUT2D eigenvalue weighted by Gasteiger charge is 2.32. The fourth-order valence-corrected chi connectivity index (χ4v) is 3.47. The van der Waals surface area contributed by atoms with Crippen molar-refractivity contribution < 1.29 is 19.4 Å². The first-order valence-corrected chi connectivity index (χ1v) is 9.26. The molecule has 3 rings (SSSR count). The molecule has 1 atom stereocenters. The van der Waals surface area contributed by atoms with E-state index in [0.717, 1.165) is 5.69 Å². The molecule has 2 aromatic rings. The SMILES string of the molecule is CC(Oc1cccc(/C=C2/SC(=S)N(Nc3ccccc3)C2=O)c1)C(=O)O. The molecule has 1 saturated heterocycles. The lowest BCUT2D eigenvalue weighted by Gasteiger charge is -2.16. The van der Waals surface area contributed by atoms with E-state index in [1.165, 1.54) is 23.7 Å². The highest BCUT2D eigenvalue weighted by molar-refractivity contribution is 8.26. The maximum atomic E-state index is 12.7. The van der Waals surface area contributed by atoms with Crippen LogP contribution in [0.2, 0.25) is 0 Å². The molecule has 27 heavy (non-hydrogen) atoms. The van der Waals surface area contributed by atoms with Gasteiger partial charge in [0.1, 0.15) is 5.75 Å². The summed E-state index contributed by atoms with van der Waals surface area (Å²) in [7, 11) is 0. The van der Waals surface area contributed by atoms with Crippen molar-refractivity contribution in [2.75, 3.05) is 5.43 Å². The molecule has 1 aliphatic heterocycles. The molecule has 0 bridgehead atoms. The predicted molar refractivity (Wildman–Crippen MR) is 109 cm³/mol. The Labute approximate surface area is 165 Å². The van der Waals surface area contributed by atoms with E-state index in [0.29, 0.717) is 20.5 Å². The Hall–Kier alpha value is -2.84. The molecule has 2 N–H and O–H groups in total. The van der Waals surface area contributed by atoms with Crippen LogP contribution in [-0.4, -0.2) is 32.4 Å². The predicted octanol–water partition coefficient (Wildman–Crippen LogP) is 3.77. The Kier molecular flexibility index (Phi) is 5.78. The number of para-hydroxylation sites is 1. The molecule has 0 radical (unpaired) electrons. The van der Waals surface area contributed by atoms with Crippen molar-refractivity contribution in [1.29, 1.82) is 0 Å². The fraction of sp³-hybridized carbons (Fsp3) is 0.105. The second-order valence-corrected chi connectivity index (χ2v) is 7.34. The number of benzene rings is 2. The third kappa shape index (κ3) is 4.66. The Morgan fingerprint density at radius 2 is 2.00 bits per heavy atom. The summed E-state index contributed by atoms with van der Waals surface area (Å²) in [5, 5.41) is 10.3. The molecule has 1 fully saturated rings. The summed E-state index contributed by atoms with van der Waals surface area (Å²) >= 11 is 6.49. The number of carbonyl (C=O) groups excluding carboxylic acids is 1. The number of hydrogen-bond donors (Lipinski definition) is 2. The van der Waals surface area contributed by atoms with Crippen LogP contribution in [0.5, 0.6) is 5.75 Å². The summed E-state index contributed by atoms with van der Waals surface area (Å²) < 4.78 is 5.76. The van der Waals surface area contributed by atoms with Crippen molar-refractivity contribution in [3.05, 3.63) is 65.1 Å². The maximum absolute atomic E-state index is 12.7. The van der Waals surface area contributed by atoms with Crippen LogP contribution in [0, 0.1) is 0 Å². The van der Waals surface area contributed by atoms with Crippen LogP contribution < -0.4 is 10.2 Å². The van der Waals surface area contributed by atoms with Crippen LogP contribution in [0.4, 0.5) is 5.69 Å². The number of ether oxygens (including phenoxy) is 1. The number of anilines is 1. The van der Waals surface area contributed by atoms with Gasteiger partial charge in [-0.1, -0.05) is 42.1 Å². The summed E-state index contributed by atoms with van der Waals surface area (Å²) in [6.07, 6.45) is 0.734. The first-order chi connectivity index (χ1) is 12.9. The number of nitrogens with zero attached hydrogens (tertiary/aromatic N) is 1. The van der Waals surface area contributed by atoms with Gasteiger partial charge in [-0.05, 0) is 55.0 Å². The number of carboxylic acid groups (broad SMARTS) is 1. The lowest BCUT2D eigenvalue weighted by molar-refractivity contribution is -0.144. The first-order valence-electron chi connectivity index (χ1n) is 8.03. The third-order valence-corrected chi connectivity index (χ3v) is 4.93. The molecule has 0 aromatic heterocycles. The molecule has 1 aliphatic rings. The highest BCUT2D eigenvalue weighted by Crippen LogP contribution is 2.33. The van der Waals surface area contributed by atoms with E-state index < -0.39 is 12.1 Å². The summed E-state index contributed by atoms with van der Waals surface area (Å²) in [6.45, 7) is 1.45. The van der Waals surface area contributed by atoms with E-state index >= 15 is 0 Å². The van der Waals surface area contributed by atoms with Gasteiger partial charge >= 0.3 is 5.97 Å². The lowest BCUT2D eigenvalue weighted by atomic mass is 10.2. The number of aliphatic carboxylic acids is 1. The topological polar surface area (TPSA) is 78.9 Å². The van der Waals surface area contributed by atoms with Crippen molar-refractivity contribution in [3.8, 4) is 5.75 Å². The molecule has 1 amide bonds. The van der Waals surface area contributed by atoms with Crippen LogP contribution in [0.15, 0.2) is 59.5 Å². The Morgan fingerprint density at radius 3 is 2.70 bits per heavy atom. The number of amides is 1. The van der Waals surface area contributed by atoms with Gasteiger partial charge in [0.25, 0.3) is 5.91 Å². The Balaban J connectivity index is 1.76. The molecule has 8 heteroatoms. The number of hydrogen-bond acceptors (Lipinski definition) is 6. The smallest absolute Gasteiger partial charge is 0.344 e. The number of rotatable bonds is 6. The number of thiocarbonyl (C=S) groups is 1. The van der Waals surface area contributed by atoms with Crippen LogP contribution in [0.25, 0.3) is 6.08 Å². The molecule has 1 unspecified atom stereocenters. The molecular formula is C19H16N2O4S2. The number of nitrogens with one attached hydrogen (secondary N) is 1. The van der Waals surface area contributed by atoms with Gasteiger partial charge in [0, 0.05) is 0 Å². The summed E-state index contributed by atoms with van der Waals surface area (Å²) in [6, 6.07) is 16.2. The van der Waals surface area contributed by atoms with Crippen LogP contribution in [-0.2, 0) is 9.59 Å². The second kappa shape index (κ2) is 8.24. The molecule has 2 aromatic carbocycles. The van der Waals surface area contributed by atoms with Gasteiger partial charge in [-0.25, -0.2) is 9.80 Å². The van der Waals surface area contributed by atoms with E-state index in [9.17, 15) is 9.59 Å². The molecule has 1 heterocycles. The Morgan fingerprint density at radius 1 is 1.26 bits per heavy atom.